The highest BCUT2D eigenvalue weighted by molar-refractivity contribution is 5.83. The Morgan fingerprint density at radius 1 is 1.16 bits per heavy atom. The number of Topliss-reactive ketones (excluding diaryl/α,β-unsaturated/α-hetero) is 1. The van der Waals surface area contributed by atoms with E-state index in [1.807, 2.05) is 48.5 Å². The van der Waals surface area contributed by atoms with Gasteiger partial charge >= 0.3 is 0 Å². The maximum Gasteiger partial charge on any atom is 0.138 e. The van der Waals surface area contributed by atoms with Crippen LogP contribution in [-0.2, 0) is 4.79 Å². The fourth-order valence-electron chi connectivity index (χ4n) is 3.19. The summed E-state index contributed by atoms with van der Waals surface area (Å²) < 4.78 is 0. The first-order valence-corrected chi connectivity index (χ1v) is 6.89. The molecule has 0 amide bonds. The van der Waals surface area contributed by atoms with E-state index in [1.54, 1.807) is 0 Å². The zero-order chi connectivity index (χ0) is 14.4. The van der Waals surface area contributed by atoms with Gasteiger partial charge in [-0.3, -0.25) is 4.79 Å². The molecular weight excluding hydrogens is 240 g/mol. The second-order valence-corrected chi connectivity index (χ2v) is 8.09. The quantitative estimate of drug-likeness (QED) is 0.801. The van der Waals surface area contributed by atoms with Crippen molar-refractivity contribution in [3.8, 4) is 0 Å². The van der Waals surface area contributed by atoms with Crippen molar-refractivity contribution < 1.29 is 10.0 Å². The minimum atomic E-state index is -0.259. The molecule has 0 unspecified atom stereocenters. The lowest BCUT2D eigenvalue weighted by atomic mass is 9.72. The highest BCUT2D eigenvalue weighted by atomic mass is 16.5. The third-order valence-corrected chi connectivity index (χ3v) is 4.03. The van der Waals surface area contributed by atoms with E-state index < -0.39 is 0 Å². The Hall–Kier alpha value is -0.450. The predicted octanol–water partition coefficient (Wildman–Crippen LogP) is 3.81. The SMILES string of the molecule is CC(C)(C)C(=O)CC1CC(C)(C)N(O)C(C)(C)C1.N. The first kappa shape index (κ1) is 18.6. The number of carbonyl (C=O) groups is 1. The van der Waals surface area contributed by atoms with Gasteiger partial charge in [0, 0.05) is 22.9 Å². The van der Waals surface area contributed by atoms with Crippen molar-refractivity contribution in [2.24, 2.45) is 11.3 Å². The van der Waals surface area contributed by atoms with Crippen LogP contribution in [0.5, 0.6) is 0 Å². The highest BCUT2D eigenvalue weighted by Crippen LogP contribution is 2.42. The van der Waals surface area contributed by atoms with Gasteiger partial charge in [-0.05, 0) is 46.5 Å². The van der Waals surface area contributed by atoms with E-state index in [0.29, 0.717) is 18.1 Å². The fourth-order valence-corrected chi connectivity index (χ4v) is 3.19. The van der Waals surface area contributed by atoms with Gasteiger partial charge in [0.25, 0.3) is 0 Å². The van der Waals surface area contributed by atoms with Crippen molar-refractivity contribution in [1.29, 1.82) is 0 Å². The number of hydroxylamine groups is 2. The van der Waals surface area contributed by atoms with E-state index in [2.05, 4.69) is 0 Å². The molecule has 1 aliphatic heterocycles. The third kappa shape index (κ3) is 4.26. The van der Waals surface area contributed by atoms with E-state index in [9.17, 15) is 10.0 Å². The van der Waals surface area contributed by atoms with Crippen LogP contribution in [-0.4, -0.2) is 27.1 Å². The van der Waals surface area contributed by atoms with Crippen molar-refractivity contribution >= 4 is 5.78 Å². The lowest BCUT2D eigenvalue weighted by Crippen LogP contribution is -2.59. The van der Waals surface area contributed by atoms with Crippen LogP contribution in [0.3, 0.4) is 0 Å². The summed E-state index contributed by atoms with van der Waals surface area (Å²) in [6.45, 7) is 14.1. The largest absolute Gasteiger partial charge is 0.344 e. The molecule has 0 atom stereocenters. The molecule has 0 aromatic rings. The minimum Gasteiger partial charge on any atom is -0.344 e. The molecule has 0 saturated carbocycles. The van der Waals surface area contributed by atoms with Gasteiger partial charge in [-0.2, -0.15) is 5.06 Å². The van der Waals surface area contributed by atoms with Gasteiger partial charge < -0.3 is 11.4 Å². The number of carbonyl (C=O) groups excluding carboxylic acids is 1. The molecule has 19 heavy (non-hydrogen) atoms. The number of piperidine rings is 1. The lowest BCUT2D eigenvalue weighted by Gasteiger charge is -2.51. The predicted molar refractivity (Wildman–Crippen MR) is 78.6 cm³/mol. The zero-order valence-corrected chi connectivity index (χ0v) is 13.7. The standard InChI is InChI=1S/C15H29NO2.H3N/c1-13(2,3)12(17)8-11-9-14(4,5)16(18)15(6,7)10-11;/h11,18H,8-10H2,1-7H3;1H3. The van der Waals surface area contributed by atoms with Crippen LogP contribution >= 0.6 is 0 Å². The fraction of sp³-hybridized carbons (Fsp3) is 0.933. The number of rotatable bonds is 2. The Bertz CT molecular complexity index is 312. The molecule has 0 aromatic carbocycles. The Morgan fingerprint density at radius 2 is 1.53 bits per heavy atom. The van der Waals surface area contributed by atoms with E-state index in [0.717, 1.165) is 12.8 Å². The lowest BCUT2D eigenvalue weighted by molar-refractivity contribution is -0.251. The number of hydrogen-bond donors (Lipinski definition) is 2. The van der Waals surface area contributed by atoms with Gasteiger partial charge in [0.1, 0.15) is 5.78 Å². The van der Waals surface area contributed by atoms with Crippen molar-refractivity contribution in [1.82, 2.24) is 11.2 Å². The molecule has 0 bridgehead atoms. The molecule has 4 heteroatoms. The van der Waals surface area contributed by atoms with Gasteiger partial charge in [0.2, 0.25) is 0 Å². The van der Waals surface area contributed by atoms with E-state index in [4.69, 9.17) is 0 Å². The zero-order valence-electron chi connectivity index (χ0n) is 13.7. The molecule has 4 N–H and O–H groups in total. The maximum atomic E-state index is 12.2. The molecule has 1 heterocycles. The molecular formula is C15H32N2O2. The topological polar surface area (TPSA) is 75.5 Å². The average molecular weight is 272 g/mol. The summed E-state index contributed by atoms with van der Waals surface area (Å²) >= 11 is 0. The first-order valence-electron chi connectivity index (χ1n) is 6.89. The number of nitrogens with zero attached hydrogens (tertiary/aromatic N) is 1. The monoisotopic (exact) mass is 272 g/mol. The van der Waals surface area contributed by atoms with Gasteiger partial charge in [-0.25, -0.2) is 0 Å². The van der Waals surface area contributed by atoms with Crippen molar-refractivity contribution in [3.63, 3.8) is 0 Å². The van der Waals surface area contributed by atoms with Crippen LogP contribution in [0.4, 0.5) is 0 Å². The molecule has 0 spiro atoms. The van der Waals surface area contributed by atoms with Crippen molar-refractivity contribution in [2.75, 3.05) is 0 Å². The van der Waals surface area contributed by atoms with Crippen LogP contribution in [0.15, 0.2) is 0 Å². The van der Waals surface area contributed by atoms with E-state index in [-0.39, 0.29) is 22.6 Å². The summed E-state index contributed by atoms with van der Waals surface area (Å²) in [5.41, 5.74) is -0.778. The molecule has 114 valence electrons. The Kier molecular flexibility index (Phi) is 5.37. The van der Waals surface area contributed by atoms with Gasteiger partial charge in [-0.1, -0.05) is 20.8 Å². The second kappa shape index (κ2) is 5.51. The van der Waals surface area contributed by atoms with Crippen LogP contribution in [0.1, 0.15) is 67.7 Å². The van der Waals surface area contributed by atoms with Crippen LogP contribution in [0.2, 0.25) is 0 Å². The first-order chi connectivity index (χ1) is 7.86. The third-order valence-electron chi connectivity index (χ3n) is 4.03. The maximum absolute atomic E-state index is 12.2. The Balaban J connectivity index is 0.00000324. The molecule has 0 radical (unpaired) electrons. The normalized spacial score (nSPS) is 23.8. The van der Waals surface area contributed by atoms with Gasteiger partial charge in [0.05, 0.1) is 0 Å². The second-order valence-electron chi connectivity index (χ2n) is 8.09. The molecule has 0 aliphatic carbocycles. The van der Waals surface area contributed by atoms with Crippen LogP contribution in [0.25, 0.3) is 0 Å². The molecule has 1 rings (SSSR count). The summed E-state index contributed by atoms with van der Waals surface area (Å²) in [6.07, 6.45) is 2.37. The van der Waals surface area contributed by atoms with E-state index in [1.165, 1.54) is 5.06 Å². The van der Waals surface area contributed by atoms with Gasteiger partial charge in [0.15, 0.2) is 0 Å². The molecule has 1 fully saturated rings. The molecule has 1 saturated heterocycles. The Morgan fingerprint density at radius 3 is 1.84 bits per heavy atom. The minimum absolute atomic E-state index is 0. The van der Waals surface area contributed by atoms with Gasteiger partial charge in [-0.15, -0.1) is 0 Å². The molecule has 1 aliphatic rings. The number of ketones is 1. The van der Waals surface area contributed by atoms with Crippen LogP contribution in [0, 0.1) is 11.3 Å². The van der Waals surface area contributed by atoms with Crippen LogP contribution < -0.4 is 6.15 Å². The summed E-state index contributed by atoms with van der Waals surface area (Å²) in [6, 6.07) is 0. The summed E-state index contributed by atoms with van der Waals surface area (Å²) in [7, 11) is 0. The van der Waals surface area contributed by atoms with E-state index >= 15 is 0 Å². The average Bonchev–Trinajstić information content (AvgIpc) is 2.11. The summed E-state index contributed by atoms with van der Waals surface area (Å²) in [5.74, 6) is 0.690. The smallest absolute Gasteiger partial charge is 0.138 e. The molecule has 4 nitrogen and oxygen atoms in total. The molecule has 0 aromatic heterocycles. The Labute approximate surface area is 118 Å². The number of hydrogen-bond acceptors (Lipinski definition) is 4. The summed E-state index contributed by atoms with van der Waals surface area (Å²) in [4.78, 5) is 12.2. The van der Waals surface area contributed by atoms with Crippen molar-refractivity contribution in [3.05, 3.63) is 0 Å². The highest BCUT2D eigenvalue weighted by Gasteiger charge is 2.45. The van der Waals surface area contributed by atoms with Crippen molar-refractivity contribution in [2.45, 2.75) is 78.8 Å². The summed E-state index contributed by atoms with van der Waals surface area (Å²) in [5, 5.41) is 11.7.